The van der Waals surface area contributed by atoms with Gasteiger partial charge in [0.15, 0.2) is 0 Å². The number of hydrogen-bond acceptors (Lipinski definition) is 0. The van der Waals surface area contributed by atoms with E-state index in [-0.39, 0.29) is 0 Å². The molecule has 2 atom stereocenters. The topological polar surface area (TPSA) is 0 Å². The van der Waals surface area contributed by atoms with E-state index in [2.05, 4.69) is 125 Å². The molecule has 0 heteroatoms. The van der Waals surface area contributed by atoms with Crippen molar-refractivity contribution in [2.45, 2.75) is 157 Å². The molecule has 1 aliphatic rings. The lowest BCUT2D eigenvalue weighted by Crippen LogP contribution is -2.16. The van der Waals surface area contributed by atoms with Crippen LogP contribution in [0.1, 0.15) is 157 Å². The van der Waals surface area contributed by atoms with Crippen molar-refractivity contribution in [3.8, 4) is 0 Å². The smallest absolute Gasteiger partial charge is 0.0329 e. The highest BCUT2D eigenvalue weighted by Crippen LogP contribution is 2.58. The third-order valence-electron chi connectivity index (χ3n) is 6.27. The molecule has 1 rings (SSSR count). The Kier molecular flexibility index (Phi) is 12.2. The molecule has 0 saturated heterocycles. The van der Waals surface area contributed by atoms with E-state index in [4.69, 9.17) is 0 Å². The predicted molar refractivity (Wildman–Crippen MR) is 147 cm³/mol. The Morgan fingerprint density at radius 1 is 0.355 bits per heavy atom. The molecule has 0 spiro atoms. The van der Waals surface area contributed by atoms with Crippen molar-refractivity contribution in [3.05, 3.63) is 0 Å². The molecular formula is C31H66. The van der Waals surface area contributed by atoms with Crippen LogP contribution in [-0.2, 0) is 0 Å². The van der Waals surface area contributed by atoms with Crippen molar-refractivity contribution in [2.24, 2.45) is 44.3 Å². The zero-order valence-electron chi connectivity index (χ0n) is 25.7. The van der Waals surface area contributed by atoms with Crippen LogP contribution in [0, 0.1) is 44.3 Å². The summed E-state index contributed by atoms with van der Waals surface area (Å²) in [5, 5.41) is 0. The first-order chi connectivity index (χ1) is 13.1. The van der Waals surface area contributed by atoms with Crippen molar-refractivity contribution in [2.75, 3.05) is 0 Å². The monoisotopic (exact) mass is 439 g/mol. The van der Waals surface area contributed by atoms with Crippen LogP contribution < -0.4 is 0 Å². The molecule has 1 fully saturated rings. The van der Waals surface area contributed by atoms with Crippen LogP contribution in [-0.4, -0.2) is 0 Å². The molecule has 0 heterocycles. The number of hydrogen-bond donors (Lipinski definition) is 0. The summed E-state index contributed by atoms with van der Waals surface area (Å²) in [7, 11) is 0. The minimum atomic E-state index is 0.507. The number of rotatable bonds is 2. The van der Waals surface area contributed by atoms with Crippen LogP contribution >= 0.6 is 0 Å². The van der Waals surface area contributed by atoms with Crippen molar-refractivity contribution in [3.63, 3.8) is 0 Å². The first-order valence-electron chi connectivity index (χ1n) is 13.1. The molecule has 0 bridgehead atoms. The highest BCUT2D eigenvalue weighted by Gasteiger charge is 2.50. The molecule has 31 heavy (non-hydrogen) atoms. The second-order valence-corrected chi connectivity index (χ2v) is 17.4. The van der Waals surface area contributed by atoms with E-state index < -0.39 is 0 Å². The first kappa shape index (κ1) is 33.2. The van der Waals surface area contributed by atoms with Gasteiger partial charge in [0.2, 0.25) is 0 Å². The molecule has 1 saturated carbocycles. The Morgan fingerprint density at radius 3 is 0.581 bits per heavy atom. The zero-order valence-corrected chi connectivity index (χ0v) is 25.7. The molecule has 1 aliphatic carbocycles. The third kappa shape index (κ3) is 23.0. The van der Waals surface area contributed by atoms with Gasteiger partial charge < -0.3 is 0 Å². The minimum Gasteiger partial charge on any atom is -0.0602 e. The van der Waals surface area contributed by atoms with Gasteiger partial charge in [-0.05, 0) is 76.4 Å². The summed E-state index contributed by atoms with van der Waals surface area (Å²) < 4.78 is 0. The quantitative estimate of drug-likeness (QED) is 0.402. The van der Waals surface area contributed by atoms with Crippen LogP contribution in [0.3, 0.4) is 0 Å². The molecule has 0 aromatic heterocycles. The van der Waals surface area contributed by atoms with Crippen LogP contribution in [0.5, 0.6) is 0 Å². The summed E-state index contributed by atoms with van der Waals surface area (Å²) in [4.78, 5) is 0. The van der Waals surface area contributed by atoms with Crippen molar-refractivity contribution >= 4 is 0 Å². The van der Waals surface area contributed by atoms with Gasteiger partial charge in [0.25, 0.3) is 0 Å². The van der Waals surface area contributed by atoms with Crippen LogP contribution in [0.25, 0.3) is 0 Å². The summed E-state index contributed by atoms with van der Waals surface area (Å²) in [5.74, 6) is 1.95. The Morgan fingerprint density at radius 2 is 0.516 bits per heavy atom. The highest BCUT2D eigenvalue weighted by molar-refractivity contribution is 4.99. The summed E-state index contributed by atoms with van der Waals surface area (Å²) in [6.07, 6.45) is 6.77. The molecule has 0 aromatic carbocycles. The van der Waals surface area contributed by atoms with Crippen molar-refractivity contribution in [1.82, 2.24) is 0 Å². The lowest BCUT2D eigenvalue weighted by Gasteiger charge is -2.24. The van der Waals surface area contributed by atoms with Crippen molar-refractivity contribution < 1.29 is 0 Å². The lowest BCUT2D eigenvalue weighted by atomic mass is 9.81. The SMILES string of the molecule is CC(C)(C)C1CC1C(C)(C)C.CC(C)(C)CCC(C)(C)C.CC(C)(C)CCC(C)(C)C. The van der Waals surface area contributed by atoms with E-state index in [0.29, 0.717) is 32.5 Å². The molecular weight excluding hydrogens is 372 g/mol. The van der Waals surface area contributed by atoms with Crippen LogP contribution in [0.2, 0.25) is 0 Å². The van der Waals surface area contributed by atoms with E-state index in [9.17, 15) is 0 Å². The molecule has 0 aromatic rings. The van der Waals surface area contributed by atoms with Gasteiger partial charge in [-0.15, -0.1) is 0 Å². The molecule has 0 aliphatic heterocycles. The summed E-state index contributed by atoms with van der Waals surface area (Å²) >= 11 is 0. The minimum absolute atomic E-state index is 0.507. The fraction of sp³-hybridized carbons (Fsp3) is 1.00. The second-order valence-electron chi connectivity index (χ2n) is 17.4. The van der Waals surface area contributed by atoms with E-state index in [1.165, 1.54) is 32.1 Å². The highest BCUT2D eigenvalue weighted by atomic mass is 14.5. The lowest BCUT2D eigenvalue weighted by molar-refractivity contribution is 0.254. The Labute approximate surface area is 201 Å². The van der Waals surface area contributed by atoms with Gasteiger partial charge in [-0.1, -0.05) is 125 Å². The average molecular weight is 439 g/mol. The maximum absolute atomic E-state index is 2.36. The van der Waals surface area contributed by atoms with Gasteiger partial charge in [-0.25, -0.2) is 0 Å². The standard InChI is InChI=1S/C11H22.2C10H22/c1-10(2,3)8-7-9(8)11(4,5)6;2*1-9(2,3)7-8-10(4,5)6/h8-9H,7H2,1-6H3;2*7-8H2,1-6H3. The van der Waals surface area contributed by atoms with Gasteiger partial charge in [0.1, 0.15) is 0 Å². The Bertz CT molecular complexity index is 391. The van der Waals surface area contributed by atoms with E-state index in [1.807, 2.05) is 0 Å². The Balaban J connectivity index is 0. The van der Waals surface area contributed by atoms with Crippen molar-refractivity contribution in [1.29, 1.82) is 0 Å². The molecule has 0 amide bonds. The normalized spacial score (nSPS) is 20.3. The van der Waals surface area contributed by atoms with Crippen LogP contribution in [0.15, 0.2) is 0 Å². The van der Waals surface area contributed by atoms with Crippen LogP contribution in [0.4, 0.5) is 0 Å². The molecule has 0 N–H and O–H groups in total. The van der Waals surface area contributed by atoms with Gasteiger partial charge in [0.05, 0.1) is 0 Å². The zero-order chi connectivity index (χ0) is 25.7. The largest absolute Gasteiger partial charge is 0.0602 e. The maximum Gasteiger partial charge on any atom is -0.0329 e. The summed E-state index contributed by atoms with van der Waals surface area (Å²) in [6, 6.07) is 0. The second kappa shape index (κ2) is 11.4. The fourth-order valence-corrected chi connectivity index (χ4v) is 3.61. The summed E-state index contributed by atoms with van der Waals surface area (Å²) in [5.41, 5.74) is 3.11. The molecule has 2 unspecified atom stereocenters. The van der Waals surface area contributed by atoms with E-state index >= 15 is 0 Å². The van der Waals surface area contributed by atoms with Gasteiger partial charge in [0, 0.05) is 0 Å². The predicted octanol–water partition coefficient (Wildman–Crippen LogP) is 11.4. The van der Waals surface area contributed by atoms with Gasteiger partial charge >= 0.3 is 0 Å². The Hall–Kier alpha value is 0. The molecule has 0 radical (unpaired) electrons. The average Bonchev–Trinajstić information content (AvgIpc) is 3.22. The summed E-state index contributed by atoms with van der Waals surface area (Å²) in [6.45, 7) is 41.8. The van der Waals surface area contributed by atoms with Gasteiger partial charge in [-0.2, -0.15) is 0 Å². The fourth-order valence-electron chi connectivity index (χ4n) is 3.61. The van der Waals surface area contributed by atoms with E-state index in [0.717, 1.165) is 11.8 Å². The molecule has 190 valence electrons. The van der Waals surface area contributed by atoms with Gasteiger partial charge in [-0.3, -0.25) is 0 Å². The first-order valence-corrected chi connectivity index (χ1v) is 13.1. The molecule has 0 nitrogen and oxygen atoms in total. The van der Waals surface area contributed by atoms with E-state index in [1.54, 1.807) is 0 Å². The maximum atomic E-state index is 2.36. The third-order valence-corrected chi connectivity index (χ3v) is 6.27.